The van der Waals surface area contributed by atoms with Crippen LogP contribution in [0, 0.1) is 0 Å². The highest BCUT2D eigenvalue weighted by molar-refractivity contribution is 7.99. The van der Waals surface area contributed by atoms with Crippen molar-refractivity contribution in [3.63, 3.8) is 0 Å². The zero-order valence-corrected chi connectivity index (χ0v) is 11.3. The third-order valence-electron chi connectivity index (χ3n) is 2.83. The lowest BCUT2D eigenvalue weighted by molar-refractivity contribution is 0.297. The van der Waals surface area contributed by atoms with Crippen molar-refractivity contribution in [3.8, 4) is 11.5 Å². The topological polar surface area (TPSA) is 44.5 Å². The predicted octanol–water partition coefficient (Wildman–Crippen LogP) is 3.58. The molecule has 0 atom stereocenters. The van der Waals surface area contributed by atoms with Crippen molar-refractivity contribution >= 4 is 17.4 Å². The summed E-state index contributed by atoms with van der Waals surface area (Å²) in [5, 5.41) is 0. The standard InChI is InChI=1S/C15H15NO2S/c16-11-2-4-12(5-3-11)19-13-6-7-14-15(10-13)18-9-1-8-17-14/h2-7,10H,1,8-9,16H2. The molecular weight excluding hydrogens is 258 g/mol. The van der Waals surface area contributed by atoms with Gasteiger partial charge in [0.1, 0.15) is 0 Å². The van der Waals surface area contributed by atoms with E-state index in [9.17, 15) is 0 Å². The highest BCUT2D eigenvalue weighted by Gasteiger charge is 2.11. The Kier molecular flexibility index (Phi) is 3.51. The van der Waals surface area contributed by atoms with Crippen molar-refractivity contribution < 1.29 is 9.47 Å². The molecule has 1 aliphatic heterocycles. The molecule has 3 rings (SSSR count). The number of fused-ring (bicyclic) bond motifs is 1. The molecule has 2 aromatic rings. The molecule has 2 N–H and O–H groups in total. The fraction of sp³-hybridized carbons (Fsp3) is 0.200. The highest BCUT2D eigenvalue weighted by Crippen LogP contribution is 2.36. The minimum absolute atomic E-state index is 0.711. The Bertz CT molecular complexity index is 569. The first-order valence-electron chi connectivity index (χ1n) is 6.24. The second kappa shape index (κ2) is 5.45. The molecule has 4 heteroatoms. The molecule has 0 amide bonds. The van der Waals surface area contributed by atoms with Gasteiger partial charge in [0, 0.05) is 21.9 Å². The van der Waals surface area contributed by atoms with Gasteiger partial charge in [-0.05, 0) is 42.5 Å². The van der Waals surface area contributed by atoms with Crippen molar-refractivity contribution in [2.75, 3.05) is 18.9 Å². The number of anilines is 1. The average molecular weight is 273 g/mol. The molecule has 0 aliphatic carbocycles. The van der Waals surface area contributed by atoms with E-state index >= 15 is 0 Å². The lowest BCUT2D eigenvalue weighted by Crippen LogP contribution is -1.97. The predicted molar refractivity (Wildman–Crippen MR) is 77.0 cm³/mol. The summed E-state index contributed by atoms with van der Waals surface area (Å²) < 4.78 is 11.3. The van der Waals surface area contributed by atoms with Gasteiger partial charge in [-0.25, -0.2) is 0 Å². The third-order valence-corrected chi connectivity index (χ3v) is 3.83. The van der Waals surface area contributed by atoms with Crippen molar-refractivity contribution in [2.24, 2.45) is 0 Å². The van der Waals surface area contributed by atoms with Crippen LogP contribution in [0.2, 0.25) is 0 Å². The molecule has 1 aliphatic rings. The zero-order chi connectivity index (χ0) is 13.1. The third kappa shape index (κ3) is 2.96. The molecular formula is C15H15NO2S. The van der Waals surface area contributed by atoms with E-state index in [-0.39, 0.29) is 0 Å². The van der Waals surface area contributed by atoms with Gasteiger partial charge in [-0.15, -0.1) is 0 Å². The van der Waals surface area contributed by atoms with E-state index in [1.54, 1.807) is 11.8 Å². The van der Waals surface area contributed by atoms with E-state index in [0.29, 0.717) is 6.61 Å². The van der Waals surface area contributed by atoms with Gasteiger partial charge in [-0.3, -0.25) is 0 Å². The second-order valence-corrected chi connectivity index (χ2v) is 5.48. The molecule has 0 radical (unpaired) electrons. The minimum atomic E-state index is 0.711. The molecule has 0 saturated carbocycles. The molecule has 0 aromatic heterocycles. The number of hydrogen-bond acceptors (Lipinski definition) is 4. The van der Waals surface area contributed by atoms with Gasteiger partial charge in [0.2, 0.25) is 0 Å². The largest absolute Gasteiger partial charge is 0.490 e. The van der Waals surface area contributed by atoms with Crippen LogP contribution < -0.4 is 15.2 Å². The van der Waals surface area contributed by atoms with Crippen LogP contribution in [-0.4, -0.2) is 13.2 Å². The fourth-order valence-electron chi connectivity index (χ4n) is 1.88. The summed E-state index contributed by atoms with van der Waals surface area (Å²) in [7, 11) is 0. The molecule has 0 bridgehead atoms. The van der Waals surface area contributed by atoms with Gasteiger partial charge in [-0.2, -0.15) is 0 Å². The second-order valence-electron chi connectivity index (χ2n) is 4.33. The highest BCUT2D eigenvalue weighted by atomic mass is 32.2. The Balaban J connectivity index is 1.81. The number of benzene rings is 2. The first-order valence-corrected chi connectivity index (χ1v) is 7.06. The Morgan fingerprint density at radius 2 is 1.53 bits per heavy atom. The van der Waals surface area contributed by atoms with E-state index in [2.05, 4.69) is 6.07 Å². The monoisotopic (exact) mass is 273 g/mol. The van der Waals surface area contributed by atoms with Crippen LogP contribution in [0.1, 0.15) is 6.42 Å². The quantitative estimate of drug-likeness (QED) is 0.849. The zero-order valence-electron chi connectivity index (χ0n) is 10.5. The van der Waals surface area contributed by atoms with Crippen LogP contribution >= 0.6 is 11.8 Å². The van der Waals surface area contributed by atoms with Crippen molar-refractivity contribution in [1.82, 2.24) is 0 Å². The Hall–Kier alpha value is -1.81. The van der Waals surface area contributed by atoms with Gasteiger partial charge < -0.3 is 15.2 Å². The SMILES string of the molecule is Nc1ccc(Sc2ccc3c(c2)OCCCO3)cc1. The summed E-state index contributed by atoms with van der Waals surface area (Å²) >= 11 is 1.68. The normalized spacial score (nSPS) is 13.9. The van der Waals surface area contributed by atoms with Crippen LogP contribution in [0.3, 0.4) is 0 Å². The maximum Gasteiger partial charge on any atom is 0.162 e. The van der Waals surface area contributed by atoms with E-state index in [1.807, 2.05) is 36.4 Å². The minimum Gasteiger partial charge on any atom is -0.490 e. The van der Waals surface area contributed by atoms with Crippen molar-refractivity contribution in [3.05, 3.63) is 42.5 Å². The summed E-state index contributed by atoms with van der Waals surface area (Å²) in [4.78, 5) is 2.29. The number of ether oxygens (including phenoxy) is 2. The van der Waals surface area contributed by atoms with Gasteiger partial charge in [-0.1, -0.05) is 11.8 Å². The van der Waals surface area contributed by atoms with Gasteiger partial charge in [0.05, 0.1) is 13.2 Å². The van der Waals surface area contributed by atoms with Crippen LogP contribution in [0.5, 0.6) is 11.5 Å². The molecule has 98 valence electrons. The molecule has 3 nitrogen and oxygen atoms in total. The van der Waals surface area contributed by atoms with Crippen molar-refractivity contribution in [2.45, 2.75) is 16.2 Å². The molecule has 1 heterocycles. The smallest absolute Gasteiger partial charge is 0.162 e. The molecule has 0 fully saturated rings. The lowest BCUT2D eigenvalue weighted by atomic mass is 10.3. The average Bonchev–Trinajstić information content (AvgIpc) is 2.66. The molecule has 0 unspecified atom stereocenters. The van der Waals surface area contributed by atoms with E-state index < -0.39 is 0 Å². The summed E-state index contributed by atoms with van der Waals surface area (Å²) in [6, 6.07) is 13.9. The maximum atomic E-state index is 5.69. The number of nitrogens with two attached hydrogens (primary N) is 1. The van der Waals surface area contributed by atoms with E-state index in [0.717, 1.165) is 40.0 Å². The van der Waals surface area contributed by atoms with Crippen LogP contribution in [0.4, 0.5) is 5.69 Å². The fourth-order valence-corrected chi connectivity index (χ4v) is 2.73. The summed E-state index contributed by atoms with van der Waals surface area (Å²) in [6.45, 7) is 1.43. The lowest BCUT2D eigenvalue weighted by Gasteiger charge is -2.09. The van der Waals surface area contributed by atoms with Crippen molar-refractivity contribution in [1.29, 1.82) is 0 Å². The molecule has 2 aromatic carbocycles. The van der Waals surface area contributed by atoms with Crippen LogP contribution in [0.25, 0.3) is 0 Å². The summed E-state index contributed by atoms with van der Waals surface area (Å²) in [6.07, 6.45) is 0.926. The number of rotatable bonds is 2. The van der Waals surface area contributed by atoms with E-state index in [4.69, 9.17) is 15.2 Å². The number of nitrogen functional groups attached to an aromatic ring is 1. The molecule has 0 saturated heterocycles. The summed E-state index contributed by atoms with van der Waals surface area (Å²) in [5.41, 5.74) is 6.46. The summed E-state index contributed by atoms with van der Waals surface area (Å²) in [5.74, 6) is 1.66. The maximum absolute atomic E-state index is 5.69. The first kappa shape index (κ1) is 12.2. The first-order chi connectivity index (χ1) is 9.31. The van der Waals surface area contributed by atoms with Crippen LogP contribution in [0.15, 0.2) is 52.3 Å². The number of hydrogen-bond donors (Lipinski definition) is 1. The Morgan fingerprint density at radius 3 is 2.32 bits per heavy atom. The Morgan fingerprint density at radius 1 is 0.842 bits per heavy atom. The van der Waals surface area contributed by atoms with Gasteiger partial charge in [0.15, 0.2) is 11.5 Å². The van der Waals surface area contributed by atoms with Gasteiger partial charge >= 0.3 is 0 Å². The molecule has 0 spiro atoms. The Labute approximate surface area is 116 Å². The van der Waals surface area contributed by atoms with Crippen LogP contribution in [-0.2, 0) is 0 Å². The molecule has 19 heavy (non-hydrogen) atoms. The van der Waals surface area contributed by atoms with Gasteiger partial charge in [0.25, 0.3) is 0 Å². The van der Waals surface area contributed by atoms with E-state index in [1.165, 1.54) is 0 Å².